The number of likely N-dealkylation sites (tertiary alicyclic amines) is 1. The summed E-state index contributed by atoms with van der Waals surface area (Å²) in [6.07, 6.45) is 2.45. The lowest BCUT2D eigenvalue weighted by Crippen LogP contribution is -2.41. The molecule has 0 atom stereocenters. The highest BCUT2D eigenvalue weighted by molar-refractivity contribution is 5.37. The van der Waals surface area contributed by atoms with E-state index in [-0.39, 0.29) is 0 Å². The van der Waals surface area contributed by atoms with Crippen molar-refractivity contribution in [1.29, 1.82) is 5.26 Å². The van der Waals surface area contributed by atoms with Crippen molar-refractivity contribution in [1.82, 2.24) is 9.80 Å². The van der Waals surface area contributed by atoms with E-state index in [9.17, 15) is 0 Å². The molecule has 1 aliphatic rings. The minimum Gasteiger partial charge on any atom is -0.306 e. The first-order valence-corrected chi connectivity index (χ1v) is 6.57. The Kier molecular flexibility index (Phi) is 4.35. The molecule has 1 aromatic carbocycles. The van der Waals surface area contributed by atoms with Crippen molar-refractivity contribution in [2.45, 2.75) is 25.4 Å². The lowest BCUT2D eigenvalue weighted by atomic mass is 10.0. The molecule has 1 aliphatic heterocycles. The summed E-state index contributed by atoms with van der Waals surface area (Å²) >= 11 is 0. The molecule has 3 nitrogen and oxygen atoms in total. The molecular formula is C15H21N3. The number of benzene rings is 1. The van der Waals surface area contributed by atoms with Crippen molar-refractivity contribution in [3.05, 3.63) is 35.4 Å². The third-order valence-corrected chi connectivity index (χ3v) is 3.87. The third kappa shape index (κ3) is 3.10. The highest BCUT2D eigenvalue weighted by atomic mass is 15.2. The predicted molar refractivity (Wildman–Crippen MR) is 73.1 cm³/mol. The van der Waals surface area contributed by atoms with Gasteiger partial charge in [-0.25, -0.2) is 0 Å². The number of nitriles is 1. The van der Waals surface area contributed by atoms with Crippen LogP contribution in [-0.2, 0) is 6.54 Å². The fraction of sp³-hybridized carbons (Fsp3) is 0.533. The Balaban J connectivity index is 1.99. The molecule has 0 saturated carbocycles. The average molecular weight is 243 g/mol. The van der Waals surface area contributed by atoms with E-state index in [4.69, 9.17) is 5.26 Å². The Labute approximate surface area is 110 Å². The molecule has 1 aromatic rings. The number of piperidine rings is 1. The molecule has 0 bridgehead atoms. The van der Waals surface area contributed by atoms with Gasteiger partial charge in [-0.3, -0.25) is 4.90 Å². The summed E-state index contributed by atoms with van der Waals surface area (Å²) in [6, 6.07) is 10.8. The van der Waals surface area contributed by atoms with Gasteiger partial charge in [-0.1, -0.05) is 18.2 Å². The molecule has 18 heavy (non-hydrogen) atoms. The van der Waals surface area contributed by atoms with Gasteiger partial charge in [0.1, 0.15) is 0 Å². The second kappa shape index (κ2) is 5.99. The Morgan fingerprint density at radius 3 is 2.67 bits per heavy atom. The van der Waals surface area contributed by atoms with Gasteiger partial charge in [0.15, 0.2) is 0 Å². The molecule has 0 N–H and O–H groups in total. The predicted octanol–water partition coefficient (Wildman–Crippen LogP) is 2.08. The molecule has 0 aromatic heterocycles. The molecule has 0 aliphatic carbocycles. The molecule has 0 spiro atoms. The van der Waals surface area contributed by atoms with Gasteiger partial charge in [-0.15, -0.1) is 0 Å². The monoisotopic (exact) mass is 243 g/mol. The summed E-state index contributed by atoms with van der Waals surface area (Å²) in [5.41, 5.74) is 1.94. The summed E-state index contributed by atoms with van der Waals surface area (Å²) in [5, 5.41) is 9.10. The third-order valence-electron chi connectivity index (χ3n) is 3.87. The van der Waals surface area contributed by atoms with Crippen LogP contribution in [0.2, 0.25) is 0 Å². The topological polar surface area (TPSA) is 30.3 Å². The van der Waals surface area contributed by atoms with E-state index in [1.54, 1.807) is 0 Å². The van der Waals surface area contributed by atoms with Crippen molar-refractivity contribution in [2.75, 3.05) is 27.2 Å². The van der Waals surface area contributed by atoms with Crippen LogP contribution in [-0.4, -0.2) is 43.0 Å². The van der Waals surface area contributed by atoms with Crippen LogP contribution in [0.5, 0.6) is 0 Å². The molecule has 96 valence electrons. The van der Waals surface area contributed by atoms with Gasteiger partial charge < -0.3 is 4.90 Å². The quantitative estimate of drug-likeness (QED) is 0.814. The molecule has 0 radical (unpaired) electrons. The standard InChI is InChI=1S/C15H21N3/c1-17-9-7-15(8-10-17)18(2)12-14-6-4-3-5-13(14)11-16/h3-6,15H,7-10,12H2,1-2H3. The van der Waals surface area contributed by atoms with Crippen LogP contribution >= 0.6 is 0 Å². The smallest absolute Gasteiger partial charge is 0.0995 e. The molecule has 1 saturated heterocycles. The van der Waals surface area contributed by atoms with E-state index in [0.717, 1.165) is 17.7 Å². The Hall–Kier alpha value is -1.37. The van der Waals surface area contributed by atoms with Gasteiger partial charge in [0.2, 0.25) is 0 Å². The van der Waals surface area contributed by atoms with E-state index in [2.05, 4.69) is 36.0 Å². The van der Waals surface area contributed by atoms with Crippen LogP contribution in [0.15, 0.2) is 24.3 Å². The first kappa shape index (κ1) is 13.1. The van der Waals surface area contributed by atoms with E-state index in [1.807, 2.05) is 18.2 Å². The zero-order chi connectivity index (χ0) is 13.0. The number of nitrogens with zero attached hydrogens (tertiary/aromatic N) is 3. The maximum absolute atomic E-state index is 9.10. The first-order chi connectivity index (χ1) is 8.70. The van der Waals surface area contributed by atoms with Crippen LogP contribution in [0, 0.1) is 11.3 Å². The van der Waals surface area contributed by atoms with Crippen LogP contribution in [0.3, 0.4) is 0 Å². The SMILES string of the molecule is CN1CCC(N(C)Cc2ccccc2C#N)CC1. The largest absolute Gasteiger partial charge is 0.306 e. The molecule has 2 rings (SSSR count). The van der Waals surface area contributed by atoms with Gasteiger partial charge >= 0.3 is 0 Å². The van der Waals surface area contributed by atoms with E-state index in [1.165, 1.54) is 25.9 Å². The van der Waals surface area contributed by atoms with Crippen molar-refractivity contribution >= 4 is 0 Å². The average Bonchev–Trinajstić information content (AvgIpc) is 2.40. The van der Waals surface area contributed by atoms with Crippen molar-refractivity contribution < 1.29 is 0 Å². The minimum absolute atomic E-state index is 0.646. The van der Waals surface area contributed by atoms with Gasteiger partial charge in [-0.2, -0.15) is 5.26 Å². The number of hydrogen-bond acceptors (Lipinski definition) is 3. The lowest BCUT2D eigenvalue weighted by molar-refractivity contribution is 0.139. The van der Waals surface area contributed by atoms with E-state index >= 15 is 0 Å². The molecule has 0 amide bonds. The van der Waals surface area contributed by atoms with Crippen molar-refractivity contribution in [2.24, 2.45) is 0 Å². The lowest BCUT2D eigenvalue weighted by Gasteiger charge is -2.35. The van der Waals surface area contributed by atoms with Gasteiger partial charge in [0.05, 0.1) is 11.6 Å². The number of rotatable bonds is 3. The minimum atomic E-state index is 0.646. The van der Waals surface area contributed by atoms with Crippen LogP contribution < -0.4 is 0 Å². The number of hydrogen-bond donors (Lipinski definition) is 0. The van der Waals surface area contributed by atoms with Crippen molar-refractivity contribution in [3.63, 3.8) is 0 Å². The summed E-state index contributed by atoms with van der Waals surface area (Å²) < 4.78 is 0. The van der Waals surface area contributed by atoms with Gasteiger partial charge in [-0.05, 0) is 51.7 Å². The zero-order valence-electron chi connectivity index (χ0n) is 11.3. The Morgan fingerprint density at radius 1 is 1.33 bits per heavy atom. The molecular weight excluding hydrogens is 222 g/mol. The fourth-order valence-electron chi connectivity index (χ4n) is 2.60. The maximum atomic E-state index is 9.10. The molecule has 1 heterocycles. The summed E-state index contributed by atoms with van der Waals surface area (Å²) in [6.45, 7) is 3.22. The highest BCUT2D eigenvalue weighted by Gasteiger charge is 2.20. The van der Waals surface area contributed by atoms with Crippen molar-refractivity contribution in [3.8, 4) is 6.07 Å². The van der Waals surface area contributed by atoms with Gasteiger partial charge in [0, 0.05) is 12.6 Å². The zero-order valence-corrected chi connectivity index (χ0v) is 11.3. The Morgan fingerprint density at radius 2 is 2.00 bits per heavy atom. The molecule has 0 unspecified atom stereocenters. The molecule has 3 heteroatoms. The van der Waals surface area contributed by atoms with Crippen LogP contribution in [0.25, 0.3) is 0 Å². The van der Waals surface area contributed by atoms with E-state index < -0.39 is 0 Å². The fourth-order valence-corrected chi connectivity index (χ4v) is 2.60. The Bertz CT molecular complexity index is 428. The normalized spacial score (nSPS) is 17.9. The van der Waals surface area contributed by atoms with Crippen LogP contribution in [0.1, 0.15) is 24.0 Å². The first-order valence-electron chi connectivity index (χ1n) is 6.57. The second-order valence-electron chi connectivity index (χ2n) is 5.22. The second-order valence-corrected chi connectivity index (χ2v) is 5.22. The maximum Gasteiger partial charge on any atom is 0.0995 e. The highest BCUT2D eigenvalue weighted by Crippen LogP contribution is 2.18. The summed E-state index contributed by atoms with van der Waals surface area (Å²) in [4.78, 5) is 4.77. The van der Waals surface area contributed by atoms with Gasteiger partial charge in [0.25, 0.3) is 0 Å². The van der Waals surface area contributed by atoms with E-state index in [0.29, 0.717) is 6.04 Å². The summed E-state index contributed by atoms with van der Waals surface area (Å²) in [7, 11) is 4.35. The molecule has 1 fully saturated rings. The van der Waals surface area contributed by atoms with Crippen LogP contribution in [0.4, 0.5) is 0 Å². The summed E-state index contributed by atoms with van der Waals surface area (Å²) in [5.74, 6) is 0.